The lowest BCUT2D eigenvalue weighted by atomic mass is 9.84. The Morgan fingerprint density at radius 1 is 1.12 bits per heavy atom. The number of halogens is 2. The molecule has 3 aromatic rings. The van der Waals surface area contributed by atoms with Crippen molar-refractivity contribution in [2.75, 3.05) is 18.8 Å². The molecule has 41 heavy (non-hydrogen) atoms. The summed E-state index contributed by atoms with van der Waals surface area (Å²) in [6, 6.07) is 6.42. The highest BCUT2D eigenvalue weighted by Crippen LogP contribution is 2.47. The number of sulfonamides is 1. The van der Waals surface area contributed by atoms with Gasteiger partial charge in [0.15, 0.2) is 10.8 Å². The summed E-state index contributed by atoms with van der Waals surface area (Å²) in [4.78, 5) is 15.5. The van der Waals surface area contributed by atoms with Gasteiger partial charge < -0.3 is 10.0 Å². The molecule has 7 rings (SSSR count). The maximum absolute atomic E-state index is 14.0. The van der Waals surface area contributed by atoms with Crippen LogP contribution in [0.3, 0.4) is 0 Å². The molecular weight excluding hydrogens is 572 g/mol. The molecule has 4 aliphatic rings. The Hall–Kier alpha value is -3.07. The predicted molar refractivity (Wildman–Crippen MR) is 149 cm³/mol. The maximum Gasteiger partial charge on any atom is 0.333 e. The number of alkyl halides is 2. The molecule has 1 N–H and O–H groups in total. The van der Waals surface area contributed by atoms with Gasteiger partial charge in [0.05, 0.1) is 23.7 Å². The Kier molecular flexibility index (Phi) is 6.56. The zero-order chi connectivity index (χ0) is 28.4. The molecule has 0 saturated carbocycles. The average Bonchev–Trinajstić information content (AvgIpc) is 3.75. The van der Waals surface area contributed by atoms with E-state index >= 15 is 0 Å². The molecule has 0 aliphatic carbocycles. The predicted octanol–water partition coefficient (Wildman–Crippen LogP) is 3.47. The summed E-state index contributed by atoms with van der Waals surface area (Å²) < 4.78 is 56.7. The molecule has 10 nitrogen and oxygen atoms in total. The molecule has 216 valence electrons. The fourth-order valence-electron chi connectivity index (χ4n) is 6.98. The molecule has 3 atom stereocenters. The van der Waals surface area contributed by atoms with E-state index in [0.717, 1.165) is 16.3 Å². The third-order valence-corrected chi connectivity index (χ3v) is 11.5. The SMILES string of the molecule is O=S(=O)(CC1CC2=C(c3ccn(C(F)F)n3)CN=C(c3nccs3)N2C1)N1C2CCC1CC(O)(c1ccccn1)C2. The van der Waals surface area contributed by atoms with Crippen LogP contribution in [0.25, 0.3) is 5.57 Å². The molecule has 4 aliphatic heterocycles. The largest absolute Gasteiger partial charge is 0.383 e. The highest BCUT2D eigenvalue weighted by atomic mass is 32.2. The van der Waals surface area contributed by atoms with Gasteiger partial charge in [-0.15, -0.1) is 11.3 Å². The Bertz CT molecular complexity index is 1590. The van der Waals surface area contributed by atoms with Crippen molar-refractivity contribution in [1.29, 1.82) is 0 Å². The van der Waals surface area contributed by atoms with Gasteiger partial charge in [-0.05, 0) is 56.2 Å². The molecule has 2 bridgehead atoms. The van der Waals surface area contributed by atoms with Crippen molar-refractivity contribution in [2.45, 2.75) is 56.3 Å². The molecule has 0 aromatic carbocycles. The van der Waals surface area contributed by atoms with E-state index in [0.29, 0.717) is 60.6 Å². The number of aliphatic imine (C=N–C) groups is 1. The molecule has 3 aromatic heterocycles. The molecular formula is C27H29F2N7O3S2. The van der Waals surface area contributed by atoms with Crippen LogP contribution in [0.5, 0.6) is 0 Å². The molecule has 7 heterocycles. The van der Waals surface area contributed by atoms with E-state index in [1.54, 1.807) is 34.9 Å². The topological polar surface area (TPSA) is 117 Å². The summed E-state index contributed by atoms with van der Waals surface area (Å²) in [6.45, 7) is -2.07. The van der Waals surface area contributed by atoms with E-state index in [2.05, 4.69) is 15.1 Å². The minimum absolute atomic E-state index is 0.0497. The second-order valence-electron chi connectivity index (χ2n) is 11.2. The van der Waals surface area contributed by atoms with Crippen molar-refractivity contribution >= 4 is 32.8 Å². The fourth-order valence-corrected chi connectivity index (χ4v) is 9.89. The first-order chi connectivity index (χ1) is 19.7. The first-order valence-corrected chi connectivity index (χ1v) is 16.1. The number of piperidine rings is 1. The van der Waals surface area contributed by atoms with E-state index in [-0.39, 0.29) is 30.3 Å². The van der Waals surface area contributed by atoms with Gasteiger partial charge in [-0.2, -0.15) is 18.2 Å². The second-order valence-corrected chi connectivity index (χ2v) is 14.0. The number of fused-ring (bicyclic) bond motifs is 3. The van der Waals surface area contributed by atoms with E-state index in [1.807, 2.05) is 16.3 Å². The standard InChI is InChI=1S/C27H29F2N7O3S2/c28-26(29)35-9-6-21(33-35)20-14-32-24(25-31-8-10-40-25)34-15-17(11-22(20)34)16-41(38,39)36-18-4-5-19(36)13-27(37,12-18)23-3-1-2-7-30-23/h1-3,6-10,17-19,26,37H,4-5,11-16H2. The summed E-state index contributed by atoms with van der Waals surface area (Å²) in [5, 5.41) is 18.1. The van der Waals surface area contributed by atoms with Gasteiger partial charge >= 0.3 is 6.55 Å². The van der Waals surface area contributed by atoms with Crippen molar-refractivity contribution in [1.82, 2.24) is 29.0 Å². The Balaban J connectivity index is 1.15. The average molecular weight is 602 g/mol. The van der Waals surface area contributed by atoms with Gasteiger partial charge in [-0.25, -0.2) is 18.1 Å². The Morgan fingerprint density at radius 2 is 1.93 bits per heavy atom. The van der Waals surface area contributed by atoms with Gasteiger partial charge in [0.2, 0.25) is 10.0 Å². The number of nitrogens with zero attached hydrogens (tertiary/aromatic N) is 7. The van der Waals surface area contributed by atoms with Crippen LogP contribution in [-0.2, 0) is 15.6 Å². The molecule has 3 saturated heterocycles. The van der Waals surface area contributed by atoms with Crippen LogP contribution in [0.15, 0.2) is 58.9 Å². The second kappa shape index (κ2) is 10.0. The lowest BCUT2D eigenvalue weighted by Crippen LogP contribution is -2.53. The van der Waals surface area contributed by atoms with E-state index in [9.17, 15) is 22.3 Å². The smallest absolute Gasteiger partial charge is 0.333 e. The quantitative estimate of drug-likeness (QED) is 0.441. The number of aromatic nitrogens is 4. The van der Waals surface area contributed by atoms with Crippen molar-refractivity contribution < 1.29 is 22.3 Å². The van der Waals surface area contributed by atoms with Gasteiger partial charge in [-0.3, -0.25) is 9.98 Å². The van der Waals surface area contributed by atoms with Crippen LogP contribution in [-0.4, -0.2) is 79.2 Å². The molecule has 0 amide bonds. The van der Waals surface area contributed by atoms with Crippen LogP contribution >= 0.6 is 11.3 Å². The highest BCUT2D eigenvalue weighted by molar-refractivity contribution is 7.89. The fraction of sp³-hybridized carbons (Fsp3) is 0.481. The van der Waals surface area contributed by atoms with Crippen LogP contribution in [0.4, 0.5) is 8.78 Å². The van der Waals surface area contributed by atoms with E-state index in [4.69, 9.17) is 4.99 Å². The summed E-state index contributed by atoms with van der Waals surface area (Å²) in [5.74, 6) is 0.387. The number of allylic oxidation sites excluding steroid dienone is 1. The molecule has 14 heteroatoms. The number of hydrogen-bond donors (Lipinski definition) is 1. The van der Waals surface area contributed by atoms with Crippen molar-refractivity contribution in [2.24, 2.45) is 10.9 Å². The third-order valence-electron chi connectivity index (χ3n) is 8.59. The zero-order valence-corrected chi connectivity index (χ0v) is 23.7. The lowest BCUT2D eigenvalue weighted by Gasteiger charge is -2.42. The Labute approximate surface area is 240 Å². The minimum atomic E-state index is -3.66. The van der Waals surface area contributed by atoms with Gasteiger partial charge in [0, 0.05) is 53.9 Å². The van der Waals surface area contributed by atoms with Crippen LogP contribution in [0.1, 0.15) is 55.0 Å². The lowest BCUT2D eigenvalue weighted by molar-refractivity contribution is -0.0374. The highest BCUT2D eigenvalue weighted by Gasteiger charge is 2.53. The summed E-state index contributed by atoms with van der Waals surface area (Å²) >= 11 is 1.45. The first kappa shape index (κ1) is 26.8. The van der Waals surface area contributed by atoms with Crippen molar-refractivity contribution in [3.05, 3.63) is 70.3 Å². The zero-order valence-electron chi connectivity index (χ0n) is 22.1. The number of pyridine rings is 1. The summed E-state index contributed by atoms with van der Waals surface area (Å²) in [6.07, 6.45) is 7.10. The number of aliphatic hydroxyl groups is 1. The third kappa shape index (κ3) is 4.70. The van der Waals surface area contributed by atoms with Gasteiger partial charge in [0.25, 0.3) is 0 Å². The minimum Gasteiger partial charge on any atom is -0.383 e. The van der Waals surface area contributed by atoms with E-state index < -0.39 is 22.2 Å². The summed E-state index contributed by atoms with van der Waals surface area (Å²) in [7, 11) is -3.66. The van der Waals surface area contributed by atoms with Crippen LogP contribution < -0.4 is 0 Å². The first-order valence-electron chi connectivity index (χ1n) is 13.6. The number of amidine groups is 1. The van der Waals surface area contributed by atoms with Gasteiger partial charge in [0.1, 0.15) is 5.60 Å². The number of rotatable bonds is 7. The molecule has 3 fully saturated rings. The van der Waals surface area contributed by atoms with E-state index in [1.165, 1.54) is 17.5 Å². The molecule has 0 radical (unpaired) electrons. The Morgan fingerprint density at radius 3 is 2.59 bits per heavy atom. The normalized spacial score (nSPS) is 28.4. The summed E-state index contributed by atoms with van der Waals surface area (Å²) in [5.41, 5.74) is 1.44. The van der Waals surface area contributed by atoms with Crippen LogP contribution in [0, 0.1) is 5.92 Å². The maximum atomic E-state index is 14.0. The molecule has 3 unspecified atom stereocenters. The van der Waals surface area contributed by atoms with Crippen molar-refractivity contribution in [3.8, 4) is 0 Å². The monoisotopic (exact) mass is 601 g/mol. The molecule has 0 spiro atoms. The van der Waals surface area contributed by atoms with Gasteiger partial charge in [-0.1, -0.05) is 6.07 Å². The van der Waals surface area contributed by atoms with Crippen LogP contribution in [0.2, 0.25) is 0 Å². The number of thiazole rings is 1. The number of hydrogen-bond acceptors (Lipinski definition) is 9. The van der Waals surface area contributed by atoms with Crippen molar-refractivity contribution in [3.63, 3.8) is 0 Å².